The first-order valence-electron chi connectivity index (χ1n) is 8.58. The maximum Gasteiger partial charge on any atom is 0.273 e. The van der Waals surface area contributed by atoms with E-state index in [1.807, 2.05) is 42.5 Å². The zero-order valence-corrected chi connectivity index (χ0v) is 16.2. The fraction of sp³-hybridized carbons (Fsp3) is 0.0476. The lowest BCUT2D eigenvalue weighted by atomic mass is 10.0. The number of anilines is 1. The topological polar surface area (TPSA) is 93.5 Å². The molecule has 0 radical (unpaired) electrons. The molecule has 3 aromatic carbocycles. The normalized spacial score (nSPS) is 10.1. The average Bonchev–Trinajstić information content (AvgIpc) is 2.74. The van der Waals surface area contributed by atoms with Crippen LogP contribution in [0.3, 0.4) is 0 Å². The van der Waals surface area contributed by atoms with Crippen LogP contribution in [0.5, 0.6) is 5.75 Å². The number of nitro benzene ring substituents is 1. The van der Waals surface area contributed by atoms with Crippen molar-refractivity contribution in [3.8, 4) is 16.9 Å². The SMILES string of the molecule is COc1cc([N+](=O)[O-])ccc1NC(=S)NC(=O)c1ccc(-c2ccccc2)cc1. The lowest BCUT2D eigenvalue weighted by Crippen LogP contribution is -2.34. The Morgan fingerprint density at radius 2 is 1.66 bits per heavy atom. The Morgan fingerprint density at radius 3 is 2.28 bits per heavy atom. The van der Waals surface area contributed by atoms with Gasteiger partial charge in [-0.1, -0.05) is 42.5 Å². The zero-order valence-electron chi connectivity index (χ0n) is 15.4. The van der Waals surface area contributed by atoms with Crippen LogP contribution in [0.15, 0.2) is 72.8 Å². The highest BCUT2D eigenvalue weighted by molar-refractivity contribution is 7.80. The molecule has 0 bridgehead atoms. The fourth-order valence-electron chi connectivity index (χ4n) is 2.67. The highest BCUT2D eigenvalue weighted by atomic mass is 32.1. The third kappa shape index (κ3) is 4.94. The van der Waals surface area contributed by atoms with Gasteiger partial charge in [-0.15, -0.1) is 0 Å². The molecule has 8 heteroatoms. The van der Waals surface area contributed by atoms with Gasteiger partial charge in [0.15, 0.2) is 5.11 Å². The fourth-order valence-corrected chi connectivity index (χ4v) is 2.87. The minimum Gasteiger partial charge on any atom is -0.494 e. The number of amides is 1. The number of benzene rings is 3. The highest BCUT2D eigenvalue weighted by Gasteiger charge is 2.14. The Hall–Kier alpha value is -3.78. The van der Waals surface area contributed by atoms with E-state index in [4.69, 9.17) is 17.0 Å². The number of methoxy groups -OCH3 is 1. The molecule has 146 valence electrons. The molecular weight excluding hydrogens is 390 g/mol. The third-order valence-electron chi connectivity index (χ3n) is 4.13. The van der Waals surface area contributed by atoms with Crippen molar-refractivity contribution < 1.29 is 14.5 Å². The minimum absolute atomic E-state index is 0.0503. The van der Waals surface area contributed by atoms with Gasteiger partial charge in [0.05, 0.1) is 23.8 Å². The molecule has 0 aliphatic heterocycles. The van der Waals surface area contributed by atoms with E-state index in [-0.39, 0.29) is 22.5 Å². The number of nitrogens with one attached hydrogen (secondary N) is 2. The summed E-state index contributed by atoms with van der Waals surface area (Å²) in [5, 5.41) is 16.3. The van der Waals surface area contributed by atoms with Gasteiger partial charge >= 0.3 is 0 Å². The van der Waals surface area contributed by atoms with Gasteiger partial charge < -0.3 is 10.1 Å². The molecule has 2 N–H and O–H groups in total. The van der Waals surface area contributed by atoms with Crippen LogP contribution in [-0.4, -0.2) is 23.1 Å². The first-order valence-corrected chi connectivity index (χ1v) is 8.99. The molecule has 1 amide bonds. The number of hydrogen-bond acceptors (Lipinski definition) is 5. The van der Waals surface area contributed by atoms with E-state index in [1.165, 1.54) is 25.3 Å². The molecule has 3 aromatic rings. The predicted octanol–water partition coefficient (Wildman–Crippen LogP) is 4.40. The molecular formula is C21H17N3O4S. The van der Waals surface area contributed by atoms with Crippen molar-refractivity contribution in [2.24, 2.45) is 0 Å². The first-order chi connectivity index (χ1) is 14.0. The molecule has 0 aromatic heterocycles. The molecule has 0 fully saturated rings. The van der Waals surface area contributed by atoms with Crippen LogP contribution in [0.25, 0.3) is 11.1 Å². The van der Waals surface area contributed by atoms with Gasteiger partial charge in [-0.3, -0.25) is 20.2 Å². The number of ether oxygens (including phenoxy) is 1. The molecule has 0 heterocycles. The second-order valence-corrected chi connectivity index (χ2v) is 6.40. The summed E-state index contributed by atoms with van der Waals surface area (Å²) in [6.07, 6.45) is 0. The number of carbonyl (C=O) groups excluding carboxylic acids is 1. The minimum atomic E-state index is -0.522. The summed E-state index contributed by atoms with van der Waals surface area (Å²) in [6.45, 7) is 0. The van der Waals surface area contributed by atoms with Crippen molar-refractivity contribution in [1.29, 1.82) is 0 Å². The van der Waals surface area contributed by atoms with E-state index in [9.17, 15) is 14.9 Å². The van der Waals surface area contributed by atoms with Gasteiger partial charge in [0, 0.05) is 11.6 Å². The number of carbonyl (C=O) groups is 1. The Labute approximate surface area is 172 Å². The first kappa shape index (κ1) is 20.0. The van der Waals surface area contributed by atoms with Crippen LogP contribution < -0.4 is 15.4 Å². The summed E-state index contributed by atoms with van der Waals surface area (Å²) in [6, 6.07) is 21.0. The number of rotatable bonds is 5. The monoisotopic (exact) mass is 407 g/mol. The van der Waals surface area contributed by atoms with Crippen LogP contribution in [0, 0.1) is 10.1 Å². The van der Waals surface area contributed by atoms with Crippen LogP contribution in [0.2, 0.25) is 0 Å². The summed E-state index contributed by atoms with van der Waals surface area (Å²) >= 11 is 5.17. The van der Waals surface area contributed by atoms with E-state index in [0.717, 1.165) is 11.1 Å². The van der Waals surface area contributed by atoms with Gasteiger partial charge in [0.1, 0.15) is 5.75 Å². The van der Waals surface area contributed by atoms with Gasteiger partial charge in [0.2, 0.25) is 0 Å². The van der Waals surface area contributed by atoms with Gasteiger partial charge in [-0.05, 0) is 41.5 Å². The lowest BCUT2D eigenvalue weighted by molar-refractivity contribution is -0.384. The number of hydrogen-bond donors (Lipinski definition) is 2. The quantitative estimate of drug-likeness (QED) is 0.370. The number of thiocarbonyl (C=S) groups is 1. The molecule has 7 nitrogen and oxygen atoms in total. The summed E-state index contributed by atoms with van der Waals surface area (Å²) in [7, 11) is 1.39. The van der Waals surface area contributed by atoms with Crippen molar-refractivity contribution in [3.05, 3.63) is 88.5 Å². The summed E-state index contributed by atoms with van der Waals surface area (Å²) in [5.74, 6) is -0.133. The van der Waals surface area contributed by atoms with Crippen LogP contribution in [0.1, 0.15) is 10.4 Å². The lowest BCUT2D eigenvalue weighted by Gasteiger charge is -2.13. The maximum absolute atomic E-state index is 12.4. The standard InChI is InChI=1S/C21H17N3O4S/c1-28-19-13-17(24(26)27)11-12-18(19)22-21(29)23-20(25)16-9-7-15(8-10-16)14-5-3-2-4-6-14/h2-13H,1H3,(H2,22,23,25,29). The molecule has 29 heavy (non-hydrogen) atoms. The number of nitro groups is 1. The van der Waals surface area contributed by atoms with Crippen molar-refractivity contribution in [3.63, 3.8) is 0 Å². The Bertz CT molecular complexity index is 1050. The molecule has 0 atom stereocenters. The van der Waals surface area contributed by atoms with E-state index in [2.05, 4.69) is 10.6 Å². The highest BCUT2D eigenvalue weighted by Crippen LogP contribution is 2.29. The van der Waals surface area contributed by atoms with Crippen LogP contribution in [0.4, 0.5) is 11.4 Å². The summed E-state index contributed by atoms with van der Waals surface area (Å²) in [5.41, 5.74) is 2.80. The van der Waals surface area contributed by atoms with Gasteiger partial charge in [-0.25, -0.2) is 0 Å². The predicted molar refractivity (Wildman–Crippen MR) is 115 cm³/mol. The molecule has 0 aliphatic carbocycles. The van der Waals surface area contributed by atoms with Crippen molar-refractivity contribution in [2.75, 3.05) is 12.4 Å². The number of nitrogens with zero attached hydrogens (tertiary/aromatic N) is 1. The van der Waals surface area contributed by atoms with E-state index < -0.39 is 4.92 Å². The van der Waals surface area contributed by atoms with Gasteiger partial charge in [0.25, 0.3) is 11.6 Å². The molecule has 0 spiro atoms. The summed E-state index contributed by atoms with van der Waals surface area (Å²) in [4.78, 5) is 22.8. The van der Waals surface area contributed by atoms with Gasteiger partial charge in [-0.2, -0.15) is 0 Å². The smallest absolute Gasteiger partial charge is 0.273 e. The average molecular weight is 407 g/mol. The molecule has 0 aliphatic rings. The molecule has 0 saturated heterocycles. The Morgan fingerprint density at radius 1 is 1.00 bits per heavy atom. The Balaban J connectivity index is 1.66. The van der Waals surface area contributed by atoms with E-state index in [1.54, 1.807) is 12.1 Å². The van der Waals surface area contributed by atoms with Crippen molar-refractivity contribution in [2.45, 2.75) is 0 Å². The van der Waals surface area contributed by atoms with Crippen molar-refractivity contribution >= 4 is 34.6 Å². The molecule has 0 unspecified atom stereocenters. The molecule has 0 saturated carbocycles. The van der Waals surface area contributed by atoms with Crippen LogP contribution >= 0.6 is 12.2 Å². The Kier molecular flexibility index (Phi) is 6.16. The number of non-ortho nitro benzene ring substituents is 1. The molecule has 3 rings (SSSR count). The second kappa shape index (κ2) is 8.94. The second-order valence-electron chi connectivity index (χ2n) is 5.99. The van der Waals surface area contributed by atoms with Crippen molar-refractivity contribution in [1.82, 2.24) is 5.32 Å². The van der Waals surface area contributed by atoms with E-state index in [0.29, 0.717) is 11.3 Å². The third-order valence-corrected chi connectivity index (χ3v) is 4.33. The van der Waals surface area contributed by atoms with E-state index >= 15 is 0 Å². The largest absolute Gasteiger partial charge is 0.494 e. The zero-order chi connectivity index (χ0) is 20.8. The van der Waals surface area contributed by atoms with Crippen LogP contribution in [-0.2, 0) is 0 Å². The summed E-state index contributed by atoms with van der Waals surface area (Å²) < 4.78 is 5.14. The maximum atomic E-state index is 12.4.